The Kier molecular flexibility index (Phi) is 18.1. The molecule has 1 unspecified atom stereocenters. The van der Waals surface area contributed by atoms with Crippen molar-refractivity contribution in [2.45, 2.75) is 117 Å². The van der Waals surface area contributed by atoms with Crippen LogP contribution in [0.2, 0.25) is 0 Å². The lowest BCUT2D eigenvalue weighted by atomic mass is 9.95. The summed E-state index contributed by atoms with van der Waals surface area (Å²) in [6, 6.07) is 0. The lowest BCUT2D eigenvalue weighted by Gasteiger charge is -2.10. The quantitative estimate of drug-likeness (QED) is 0.163. The van der Waals surface area contributed by atoms with E-state index in [1.165, 1.54) is 103 Å². The minimum atomic E-state index is 0.490. The van der Waals surface area contributed by atoms with E-state index in [0.717, 1.165) is 0 Å². The summed E-state index contributed by atoms with van der Waals surface area (Å²) < 4.78 is 0. The van der Waals surface area contributed by atoms with Crippen LogP contribution in [0.1, 0.15) is 117 Å². The maximum Gasteiger partial charge on any atom is 0.151 e. The van der Waals surface area contributed by atoms with Crippen molar-refractivity contribution in [2.75, 3.05) is 0 Å². The molecule has 0 radical (unpaired) electrons. The third-order valence-corrected chi connectivity index (χ3v) is 4.66. The van der Waals surface area contributed by atoms with Crippen LogP contribution in [0.4, 0.5) is 0 Å². The SMILES string of the molecule is CCCCCCCCCCC(C=[NH+][O-])CCCCCCCC. The van der Waals surface area contributed by atoms with Crippen molar-refractivity contribution in [1.29, 1.82) is 0 Å². The average Bonchev–Trinajstić information content (AvgIpc) is 2.53. The van der Waals surface area contributed by atoms with Gasteiger partial charge >= 0.3 is 0 Å². The van der Waals surface area contributed by atoms with Gasteiger partial charge in [-0.3, -0.25) is 0 Å². The predicted molar refractivity (Wildman–Crippen MR) is 99.1 cm³/mol. The highest BCUT2D eigenvalue weighted by atomic mass is 16.4. The summed E-state index contributed by atoms with van der Waals surface area (Å²) in [7, 11) is 0. The summed E-state index contributed by atoms with van der Waals surface area (Å²) in [4.78, 5) is 0. The maximum atomic E-state index is 10.6. The van der Waals surface area contributed by atoms with Gasteiger partial charge in [0.15, 0.2) is 6.21 Å². The Bertz CT molecular complexity index is 228. The molecule has 0 amide bonds. The van der Waals surface area contributed by atoms with Gasteiger partial charge in [-0.05, 0) is 12.8 Å². The highest BCUT2D eigenvalue weighted by Crippen LogP contribution is 2.17. The molecule has 22 heavy (non-hydrogen) atoms. The fraction of sp³-hybridized carbons (Fsp3) is 0.950. The molecule has 2 nitrogen and oxygen atoms in total. The first-order chi connectivity index (χ1) is 10.8. The molecule has 2 heteroatoms. The van der Waals surface area contributed by atoms with E-state index >= 15 is 0 Å². The number of hydrogen-bond acceptors (Lipinski definition) is 1. The molecule has 0 aliphatic heterocycles. The van der Waals surface area contributed by atoms with Gasteiger partial charge in [-0.1, -0.05) is 104 Å². The monoisotopic (exact) mass is 311 g/mol. The second kappa shape index (κ2) is 18.5. The van der Waals surface area contributed by atoms with Gasteiger partial charge in [-0.25, -0.2) is 5.16 Å². The highest BCUT2D eigenvalue weighted by Gasteiger charge is 2.08. The van der Waals surface area contributed by atoms with Crippen LogP contribution in [-0.2, 0) is 0 Å². The van der Waals surface area contributed by atoms with Gasteiger partial charge in [0.2, 0.25) is 0 Å². The summed E-state index contributed by atoms with van der Waals surface area (Å²) in [5.41, 5.74) is 0. The minimum Gasteiger partial charge on any atom is -0.626 e. The van der Waals surface area contributed by atoms with Crippen molar-refractivity contribution in [3.05, 3.63) is 5.21 Å². The minimum absolute atomic E-state index is 0.490. The fourth-order valence-corrected chi connectivity index (χ4v) is 3.13. The van der Waals surface area contributed by atoms with Crippen molar-refractivity contribution in [1.82, 2.24) is 0 Å². The molecule has 1 N–H and O–H groups in total. The van der Waals surface area contributed by atoms with E-state index in [9.17, 15) is 5.21 Å². The smallest absolute Gasteiger partial charge is 0.151 e. The summed E-state index contributed by atoms with van der Waals surface area (Å²) in [5.74, 6) is 0.490. The van der Waals surface area contributed by atoms with Crippen LogP contribution < -0.4 is 5.16 Å². The highest BCUT2D eigenvalue weighted by molar-refractivity contribution is 5.53. The van der Waals surface area contributed by atoms with Gasteiger partial charge in [-0.2, -0.15) is 0 Å². The topological polar surface area (TPSA) is 37.0 Å². The van der Waals surface area contributed by atoms with E-state index in [-0.39, 0.29) is 0 Å². The number of unbranched alkanes of at least 4 members (excludes halogenated alkanes) is 12. The molecule has 1 atom stereocenters. The third kappa shape index (κ3) is 15.9. The van der Waals surface area contributed by atoms with Crippen molar-refractivity contribution in [2.24, 2.45) is 5.92 Å². The zero-order valence-electron chi connectivity index (χ0n) is 15.4. The lowest BCUT2D eigenvalue weighted by molar-refractivity contribution is -0.370. The first kappa shape index (κ1) is 21.5. The normalized spacial score (nSPS) is 13.0. The third-order valence-electron chi connectivity index (χ3n) is 4.66. The van der Waals surface area contributed by atoms with Gasteiger partial charge in [0.05, 0.1) is 0 Å². The summed E-state index contributed by atoms with van der Waals surface area (Å²) in [6.07, 6.45) is 23.1. The first-order valence-corrected chi connectivity index (χ1v) is 10.1. The van der Waals surface area contributed by atoms with Crippen LogP contribution in [0, 0.1) is 11.1 Å². The van der Waals surface area contributed by atoms with Crippen LogP contribution in [-0.4, -0.2) is 6.21 Å². The van der Waals surface area contributed by atoms with E-state index in [4.69, 9.17) is 0 Å². The summed E-state index contributed by atoms with van der Waals surface area (Å²) in [6.45, 7) is 4.53. The Morgan fingerprint density at radius 3 is 1.36 bits per heavy atom. The molecule has 132 valence electrons. The molecular weight excluding hydrogens is 270 g/mol. The molecule has 0 saturated carbocycles. The van der Waals surface area contributed by atoms with E-state index in [0.29, 0.717) is 5.92 Å². The Labute approximate surface area is 139 Å². The van der Waals surface area contributed by atoms with Crippen molar-refractivity contribution in [3.8, 4) is 0 Å². The molecule has 0 spiro atoms. The van der Waals surface area contributed by atoms with Gasteiger partial charge in [0, 0.05) is 5.92 Å². The predicted octanol–water partition coefficient (Wildman–Crippen LogP) is 5.53. The van der Waals surface area contributed by atoms with Gasteiger partial charge < -0.3 is 5.21 Å². The molecular formula is C20H41NO. The summed E-state index contributed by atoms with van der Waals surface area (Å²) in [5, 5.41) is 12.7. The van der Waals surface area contributed by atoms with E-state index in [2.05, 4.69) is 13.8 Å². The molecule has 0 aliphatic carbocycles. The number of rotatable bonds is 17. The standard InChI is InChI=1S/C20H41NO/c1-3-5-7-9-11-12-14-16-18-20(19-21-22)17-15-13-10-8-6-4-2/h19-21H,3-18H2,1-2H3. The molecule has 0 heterocycles. The van der Waals surface area contributed by atoms with E-state index < -0.39 is 0 Å². The zero-order chi connectivity index (χ0) is 16.3. The molecule has 0 aliphatic rings. The van der Waals surface area contributed by atoms with Crippen molar-refractivity contribution < 1.29 is 5.16 Å². The second-order valence-electron chi connectivity index (χ2n) is 6.86. The number of hydrogen-bond donors (Lipinski definition) is 1. The van der Waals surface area contributed by atoms with Gasteiger partial charge in [-0.15, -0.1) is 0 Å². The second-order valence-corrected chi connectivity index (χ2v) is 6.86. The Balaban J connectivity index is 3.47. The van der Waals surface area contributed by atoms with Crippen LogP contribution in [0.5, 0.6) is 0 Å². The molecule has 0 aromatic rings. The largest absolute Gasteiger partial charge is 0.626 e. The van der Waals surface area contributed by atoms with E-state index in [1.807, 2.05) is 5.16 Å². The summed E-state index contributed by atoms with van der Waals surface area (Å²) >= 11 is 0. The average molecular weight is 312 g/mol. The van der Waals surface area contributed by atoms with Gasteiger partial charge in [0.1, 0.15) is 0 Å². The van der Waals surface area contributed by atoms with Crippen molar-refractivity contribution in [3.63, 3.8) is 0 Å². The fourth-order valence-electron chi connectivity index (χ4n) is 3.13. The Morgan fingerprint density at radius 1 is 0.636 bits per heavy atom. The number of nitrogens with one attached hydrogen (secondary N) is 1. The molecule has 0 aromatic carbocycles. The maximum absolute atomic E-state index is 10.6. The van der Waals surface area contributed by atoms with Crippen LogP contribution in [0.15, 0.2) is 0 Å². The molecule has 0 bridgehead atoms. The molecule has 0 rings (SSSR count). The zero-order valence-corrected chi connectivity index (χ0v) is 15.4. The molecule has 0 saturated heterocycles. The van der Waals surface area contributed by atoms with Crippen LogP contribution in [0.25, 0.3) is 0 Å². The Morgan fingerprint density at radius 2 is 1.00 bits per heavy atom. The molecule has 0 aromatic heterocycles. The Hall–Kier alpha value is -0.530. The molecule has 0 fully saturated rings. The first-order valence-electron chi connectivity index (χ1n) is 10.1. The lowest BCUT2D eigenvalue weighted by Crippen LogP contribution is -2.61. The van der Waals surface area contributed by atoms with Crippen LogP contribution in [0.3, 0.4) is 0 Å². The van der Waals surface area contributed by atoms with Gasteiger partial charge in [0.25, 0.3) is 0 Å². The van der Waals surface area contributed by atoms with Crippen molar-refractivity contribution >= 4 is 6.21 Å². The van der Waals surface area contributed by atoms with E-state index in [1.54, 1.807) is 6.21 Å². The van der Waals surface area contributed by atoms with Crippen LogP contribution >= 0.6 is 0 Å².